The van der Waals surface area contributed by atoms with Crippen molar-refractivity contribution in [2.24, 2.45) is 5.92 Å². The molecular weight excluding hydrogens is 258 g/mol. The lowest BCUT2D eigenvalue weighted by molar-refractivity contribution is 0.511. The van der Waals surface area contributed by atoms with Gasteiger partial charge in [0.2, 0.25) is 0 Å². The average molecular weight is 283 g/mol. The number of nitrogens with zero attached hydrogens (tertiary/aromatic N) is 2. The fourth-order valence-electron chi connectivity index (χ4n) is 3.20. The minimum Gasteiger partial charge on any atom is -0.352 e. The number of aromatic nitrogens is 1. The maximum absolute atomic E-state index is 4.68. The minimum absolute atomic E-state index is 0.571. The third-order valence-corrected chi connectivity index (χ3v) is 4.23. The van der Waals surface area contributed by atoms with Gasteiger partial charge < -0.3 is 10.2 Å². The number of hydrogen-bond donors (Lipinski definition) is 1. The molecule has 1 aromatic carbocycles. The van der Waals surface area contributed by atoms with Gasteiger partial charge in [0, 0.05) is 30.7 Å². The Bertz CT molecular complexity index is 589. The molecule has 1 saturated heterocycles. The van der Waals surface area contributed by atoms with E-state index in [9.17, 15) is 0 Å². The van der Waals surface area contributed by atoms with Gasteiger partial charge in [-0.2, -0.15) is 0 Å². The number of anilines is 1. The number of nitrogens with one attached hydrogen (secondary N) is 1. The van der Waals surface area contributed by atoms with E-state index in [1.54, 1.807) is 0 Å². The van der Waals surface area contributed by atoms with Crippen molar-refractivity contribution in [3.05, 3.63) is 36.5 Å². The van der Waals surface area contributed by atoms with Crippen LogP contribution in [0.3, 0.4) is 0 Å². The second-order valence-corrected chi connectivity index (χ2v) is 6.40. The molecule has 0 bridgehead atoms. The highest BCUT2D eigenvalue weighted by Crippen LogP contribution is 2.29. The van der Waals surface area contributed by atoms with E-state index in [4.69, 9.17) is 0 Å². The van der Waals surface area contributed by atoms with E-state index in [0.717, 1.165) is 25.5 Å². The summed E-state index contributed by atoms with van der Waals surface area (Å²) < 4.78 is 0. The van der Waals surface area contributed by atoms with Crippen LogP contribution in [0, 0.1) is 5.92 Å². The van der Waals surface area contributed by atoms with Gasteiger partial charge in [-0.3, -0.25) is 0 Å². The Morgan fingerprint density at radius 2 is 2.14 bits per heavy atom. The van der Waals surface area contributed by atoms with Crippen molar-refractivity contribution in [2.75, 3.05) is 24.5 Å². The molecule has 1 aliphatic heterocycles. The van der Waals surface area contributed by atoms with Crippen LogP contribution in [0.15, 0.2) is 36.5 Å². The maximum Gasteiger partial charge on any atom is 0.136 e. The van der Waals surface area contributed by atoms with Crippen LogP contribution in [0.4, 0.5) is 5.82 Å². The Hall–Kier alpha value is -1.61. The van der Waals surface area contributed by atoms with Crippen LogP contribution in [-0.4, -0.2) is 30.7 Å². The van der Waals surface area contributed by atoms with Gasteiger partial charge >= 0.3 is 0 Å². The molecule has 3 heteroatoms. The van der Waals surface area contributed by atoms with Crippen LogP contribution in [0.1, 0.15) is 26.7 Å². The second-order valence-electron chi connectivity index (χ2n) is 6.40. The van der Waals surface area contributed by atoms with Crippen molar-refractivity contribution in [1.82, 2.24) is 10.3 Å². The van der Waals surface area contributed by atoms with Crippen LogP contribution in [0.25, 0.3) is 10.8 Å². The van der Waals surface area contributed by atoms with Crippen LogP contribution < -0.4 is 10.2 Å². The van der Waals surface area contributed by atoms with Gasteiger partial charge in [-0.25, -0.2) is 4.98 Å². The van der Waals surface area contributed by atoms with Gasteiger partial charge in [0.15, 0.2) is 0 Å². The molecule has 2 aromatic rings. The summed E-state index contributed by atoms with van der Waals surface area (Å²) in [5, 5.41) is 6.16. The Morgan fingerprint density at radius 1 is 1.29 bits per heavy atom. The summed E-state index contributed by atoms with van der Waals surface area (Å²) in [6.45, 7) is 7.78. The SMILES string of the molecule is CC(C)CNCC1CCCN1c1nccc2ccccc12. The summed E-state index contributed by atoms with van der Waals surface area (Å²) in [5.74, 6) is 1.86. The van der Waals surface area contributed by atoms with Crippen LogP contribution >= 0.6 is 0 Å². The van der Waals surface area contributed by atoms with Crippen molar-refractivity contribution in [3.63, 3.8) is 0 Å². The normalized spacial score (nSPS) is 18.8. The number of fused-ring (bicyclic) bond motifs is 1. The lowest BCUT2D eigenvalue weighted by Crippen LogP contribution is -2.39. The molecule has 0 amide bonds. The third kappa shape index (κ3) is 3.18. The molecule has 1 atom stereocenters. The highest BCUT2D eigenvalue weighted by Gasteiger charge is 2.26. The van der Waals surface area contributed by atoms with Crippen LogP contribution in [-0.2, 0) is 0 Å². The van der Waals surface area contributed by atoms with E-state index in [1.807, 2.05) is 6.20 Å². The molecule has 21 heavy (non-hydrogen) atoms. The predicted octanol–water partition coefficient (Wildman–Crippen LogP) is 3.45. The molecule has 0 spiro atoms. The summed E-state index contributed by atoms with van der Waals surface area (Å²) in [5.41, 5.74) is 0. The zero-order valence-electron chi connectivity index (χ0n) is 13.0. The Balaban J connectivity index is 1.80. The van der Waals surface area contributed by atoms with E-state index >= 15 is 0 Å². The van der Waals surface area contributed by atoms with Crippen molar-refractivity contribution < 1.29 is 0 Å². The molecule has 0 radical (unpaired) electrons. The van der Waals surface area contributed by atoms with Gasteiger partial charge in [-0.05, 0) is 36.8 Å². The first-order valence-electron chi connectivity index (χ1n) is 8.07. The van der Waals surface area contributed by atoms with Crippen molar-refractivity contribution in [1.29, 1.82) is 0 Å². The molecule has 0 aliphatic carbocycles. The lowest BCUT2D eigenvalue weighted by atomic mass is 10.1. The number of benzene rings is 1. The monoisotopic (exact) mass is 283 g/mol. The fourth-order valence-corrected chi connectivity index (χ4v) is 3.20. The first-order chi connectivity index (χ1) is 10.3. The lowest BCUT2D eigenvalue weighted by Gasteiger charge is -2.27. The largest absolute Gasteiger partial charge is 0.352 e. The molecule has 1 aliphatic rings. The molecule has 1 aromatic heterocycles. The van der Waals surface area contributed by atoms with Gasteiger partial charge in [0.05, 0.1) is 0 Å². The van der Waals surface area contributed by atoms with Gasteiger partial charge in [-0.15, -0.1) is 0 Å². The molecule has 112 valence electrons. The smallest absolute Gasteiger partial charge is 0.136 e. The van der Waals surface area contributed by atoms with Gasteiger partial charge in [-0.1, -0.05) is 38.1 Å². The van der Waals surface area contributed by atoms with Gasteiger partial charge in [0.25, 0.3) is 0 Å². The Morgan fingerprint density at radius 3 is 3.00 bits per heavy atom. The summed E-state index contributed by atoms with van der Waals surface area (Å²) in [4.78, 5) is 7.18. The number of rotatable bonds is 5. The molecule has 2 heterocycles. The topological polar surface area (TPSA) is 28.2 Å². The summed E-state index contributed by atoms with van der Waals surface area (Å²) in [6.07, 6.45) is 4.46. The quantitative estimate of drug-likeness (QED) is 0.911. The minimum atomic E-state index is 0.571. The zero-order valence-corrected chi connectivity index (χ0v) is 13.0. The van der Waals surface area contributed by atoms with E-state index < -0.39 is 0 Å². The third-order valence-electron chi connectivity index (χ3n) is 4.23. The molecule has 0 saturated carbocycles. The van der Waals surface area contributed by atoms with E-state index in [2.05, 4.69) is 59.4 Å². The average Bonchev–Trinajstić information content (AvgIpc) is 2.94. The summed E-state index contributed by atoms with van der Waals surface area (Å²) >= 11 is 0. The van der Waals surface area contributed by atoms with E-state index in [0.29, 0.717) is 12.0 Å². The summed E-state index contributed by atoms with van der Waals surface area (Å²) in [7, 11) is 0. The molecule has 3 nitrogen and oxygen atoms in total. The van der Waals surface area contributed by atoms with Gasteiger partial charge in [0.1, 0.15) is 5.82 Å². The number of hydrogen-bond acceptors (Lipinski definition) is 3. The molecular formula is C18H25N3. The summed E-state index contributed by atoms with van der Waals surface area (Å²) in [6, 6.07) is 11.2. The predicted molar refractivity (Wildman–Crippen MR) is 89.8 cm³/mol. The van der Waals surface area contributed by atoms with Crippen LogP contribution in [0.5, 0.6) is 0 Å². The Labute approximate surface area is 127 Å². The highest BCUT2D eigenvalue weighted by atomic mass is 15.2. The standard InChI is InChI=1S/C18H25N3/c1-14(2)12-19-13-16-7-5-11-21(16)18-17-8-4-3-6-15(17)9-10-20-18/h3-4,6,8-10,14,16,19H,5,7,11-13H2,1-2H3. The fraction of sp³-hybridized carbons (Fsp3) is 0.500. The van der Waals surface area contributed by atoms with E-state index in [-0.39, 0.29) is 0 Å². The molecule has 1 unspecified atom stereocenters. The van der Waals surface area contributed by atoms with Crippen molar-refractivity contribution in [2.45, 2.75) is 32.7 Å². The second kappa shape index (κ2) is 6.44. The van der Waals surface area contributed by atoms with Crippen molar-refractivity contribution >= 4 is 16.6 Å². The number of pyridine rings is 1. The molecule has 1 N–H and O–H groups in total. The van der Waals surface area contributed by atoms with E-state index in [1.165, 1.54) is 23.6 Å². The molecule has 1 fully saturated rings. The first-order valence-corrected chi connectivity index (χ1v) is 8.07. The maximum atomic E-state index is 4.68. The first kappa shape index (κ1) is 14.3. The highest BCUT2D eigenvalue weighted by molar-refractivity contribution is 5.92. The zero-order chi connectivity index (χ0) is 14.7. The molecule has 3 rings (SSSR count). The van der Waals surface area contributed by atoms with Crippen molar-refractivity contribution in [3.8, 4) is 0 Å². The van der Waals surface area contributed by atoms with Crippen LogP contribution in [0.2, 0.25) is 0 Å². The Kier molecular flexibility index (Phi) is 4.39.